The number of nitrogens with two attached hydrogens (primary N) is 1. The molecule has 0 bridgehead atoms. The Bertz CT molecular complexity index is 1220. The molecule has 8 nitrogen and oxygen atoms in total. The number of carbonyl (C=O) groups excluding carboxylic acids is 2. The summed E-state index contributed by atoms with van der Waals surface area (Å²) in [5, 5.41) is 18.9. The SMILES string of the molecule is N#Cc1ccc([C@@H]2C(C(=O)O)=C(CBr)N(c3cccc(C(F)(F)F)c3)C(=O)N2CC(N)=O)cc1. The molecule has 0 saturated heterocycles. The van der Waals surface area contributed by atoms with Crippen molar-refractivity contribution in [2.24, 2.45) is 5.73 Å². The third-order valence-electron chi connectivity index (χ3n) is 5.07. The number of rotatable bonds is 6. The predicted octanol–water partition coefficient (Wildman–Crippen LogP) is 3.78. The number of allylic oxidation sites excluding steroid dienone is 1. The molecule has 0 saturated carbocycles. The summed E-state index contributed by atoms with van der Waals surface area (Å²) in [5.41, 5.74) is 4.11. The summed E-state index contributed by atoms with van der Waals surface area (Å²) in [4.78, 5) is 39.4. The van der Waals surface area contributed by atoms with Crippen LogP contribution in [0, 0.1) is 11.3 Å². The van der Waals surface area contributed by atoms with Gasteiger partial charge >= 0.3 is 18.2 Å². The van der Waals surface area contributed by atoms with E-state index in [4.69, 9.17) is 11.0 Å². The summed E-state index contributed by atoms with van der Waals surface area (Å²) in [6, 6.07) is 9.21. The molecule has 1 atom stereocenters. The van der Waals surface area contributed by atoms with Gasteiger partial charge in [0.2, 0.25) is 5.91 Å². The number of hydrogen-bond donors (Lipinski definition) is 2. The molecule has 3 amide bonds. The van der Waals surface area contributed by atoms with Gasteiger partial charge in [0, 0.05) is 5.33 Å². The molecule has 3 N–H and O–H groups in total. The van der Waals surface area contributed by atoms with Gasteiger partial charge in [0.1, 0.15) is 6.54 Å². The van der Waals surface area contributed by atoms with E-state index in [-0.39, 0.29) is 33.4 Å². The quantitative estimate of drug-likeness (QED) is 0.543. The van der Waals surface area contributed by atoms with Crippen LogP contribution in [0.1, 0.15) is 22.7 Å². The van der Waals surface area contributed by atoms with Gasteiger partial charge in [-0.25, -0.2) is 9.59 Å². The Balaban J connectivity index is 2.30. The van der Waals surface area contributed by atoms with Crippen molar-refractivity contribution >= 4 is 39.5 Å². The summed E-state index contributed by atoms with van der Waals surface area (Å²) in [6.07, 6.45) is -4.71. The Morgan fingerprint density at radius 1 is 1.18 bits per heavy atom. The van der Waals surface area contributed by atoms with E-state index in [1.165, 1.54) is 30.3 Å². The second-order valence-electron chi connectivity index (χ2n) is 7.20. The maximum atomic E-state index is 13.5. The zero-order chi connectivity index (χ0) is 25.2. The second kappa shape index (κ2) is 9.56. The predicted molar refractivity (Wildman–Crippen MR) is 118 cm³/mol. The number of carboxylic acids is 1. The monoisotopic (exact) mass is 536 g/mol. The summed E-state index contributed by atoms with van der Waals surface area (Å²) in [6.45, 7) is -0.703. The molecule has 34 heavy (non-hydrogen) atoms. The van der Waals surface area contributed by atoms with Crippen LogP contribution < -0.4 is 10.6 Å². The number of urea groups is 1. The average molecular weight is 537 g/mol. The molecule has 1 heterocycles. The van der Waals surface area contributed by atoms with Crippen molar-refractivity contribution in [1.82, 2.24) is 4.90 Å². The molecule has 2 aromatic rings. The average Bonchev–Trinajstić information content (AvgIpc) is 2.79. The molecule has 0 aliphatic carbocycles. The fourth-order valence-corrected chi connectivity index (χ4v) is 4.21. The molecular weight excluding hydrogens is 521 g/mol. The van der Waals surface area contributed by atoms with Crippen molar-refractivity contribution in [2.75, 3.05) is 16.8 Å². The lowest BCUT2D eigenvalue weighted by Gasteiger charge is -2.42. The number of carbonyl (C=O) groups is 3. The van der Waals surface area contributed by atoms with Crippen molar-refractivity contribution in [3.05, 3.63) is 76.5 Å². The third-order valence-corrected chi connectivity index (χ3v) is 5.60. The van der Waals surface area contributed by atoms with Gasteiger partial charge in [-0.15, -0.1) is 0 Å². The Kier molecular flexibility index (Phi) is 6.97. The van der Waals surface area contributed by atoms with Crippen LogP contribution in [0.15, 0.2) is 59.8 Å². The van der Waals surface area contributed by atoms with E-state index in [1.807, 2.05) is 6.07 Å². The first-order valence-corrected chi connectivity index (χ1v) is 10.7. The molecule has 3 rings (SSSR count). The standard InChI is InChI=1S/C22H16BrF3N4O4/c23-9-16-18(20(32)33)19(13-6-4-12(10-27)5-7-13)29(11-17(28)31)21(34)30(16)15-3-1-2-14(8-15)22(24,25)26/h1-8,19H,9,11H2,(H2,28,31)(H,32,33)/t19-/m1/s1. The number of alkyl halides is 4. The number of carboxylic acid groups (broad SMARTS) is 1. The smallest absolute Gasteiger partial charge is 0.416 e. The van der Waals surface area contributed by atoms with Crippen LogP contribution in [-0.2, 0) is 15.8 Å². The largest absolute Gasteiger partial charge is 0.478 e. The van der Waals surface area contributed by atoms with Gasteiger partial charge in [0.15, 0.2) is 0 Å². The van der Waals surface area contributed by atoms with E-state index in [9.17, 15) is 32.7 Å². The van der Waals surface area contributed by atoms with Crippen LogP contribution in [0.25, 0.3) is 0 Å². The number of nitriles is 1. The number of halogens is 4. The first-order valence-electron chi connectivity index (χ1n) is 9.58. The minimum absolute atomic E-state index is 0.119. The van der Waals surface area contributed by atoms with Crippen LogP contribution in [0.2, 0.25) is 0 Å². The molecule has 2 aromatic carbocycles. The zero-order valence-electron chi connectivity index (χ0n) is 17.2. The number of hydrogen-bond acceptors (Lipinski definition) is 4. The molecule has 0 radical (unpaired) electrons. The fourth-order valence-electron chi connectivity index (χ4n) is 3.66. The number of benzene rings is 2. The number of nitrogens with zero attached hydrogens (tertiary/aromatic N) is 3. The van der Waals surface area contributed by atoms with Gasteiger partial charge in [0.25, 0.3) is 0 Å². The van der Waals surface area contributed by atoms with E-state index in [0.29, 0.717) is 6.07 Å². The van der Waals surface area contributed by atoms with Gasteiger partial charge in [-0.2, -0.15) is 18.4 Å². The highest BCUT2D eigenvalue weighted by Gasteiger charge is 2.44. The lowest BCUT2D eigenvalue weighted by molar-refractivity contribution is -0.137. The van der Waals surface area contributed by atoms with E-state index < -0.39 is 42.2 Å². The van der Waals surface area contributed by atoms with Crippen molar-refractivity contribution in [1.29, 1.82) is 5.26 Å². The summed E-state index contributed by atoms with van der Waals surface area (Å²) >= 11 is 3.15. The second-order valence-corrected chi connectivity index (χ2v) is 7.76. The van der Waals surface area contributed by atoms with Crippen LogP contribution in [0.4, 0.5) is 23.7 Å². The maximum absolute atomic E-state index is 13.5. The van der Waals surface area contributed by atoms with Crippen molar-refractivity contribution in [3.8, 4) is 6.07 Å². The molecule has 0 fully saturated rings. The molecule has 0 unspecified atom stereocenters. The zero-order valence-corrected chi connectivity index (χ0v) is 18.8. The number of primary amides is 1. The Morgan fingerprint density at radius 2 is 1.82 bits per heavy atom. The van der Waals surface area contributed by atoms with Crippen molar-refractivity contribution in [2.45, 2.75) is 12.2 Å². The van der Waals surface area contributed by atoms with Crippen LogP contribution in [0.3, 0.4) is 0 Å². The van der Waals surface area contributed by atoms with Crippen molar-refractivity contribution in [3.63, 3.8) is 0 Å². The van der Waals surface area contributed by atoms with Crippen LogP contribution in [-0.4, -0.2) is 39.8 Å². The van der Waals surface area contributed by atoms with Crippen LogP contribution in [0.5, 0.6) is 0 Å². The highest BCUT2D eigenvalue weighted by Crippen LogP contribution is 2.41. The van der Waals surface area contributed by atoms with Gasteiger partial charge in [0.05, 0.1) is 40.2 Å². The molecular formula is C22H16BrF3N4O4. The van der Waals surface area contributed by atoms with Crippen LogP contribution >= 0.6 is 15.9 Å². The van der Waals surface area contributed by atoms with E-state index in [0.717, 1.165) is 21.9 Å². The topological polar surface area (TPSA) is 128 Å². The van der Waals surface area contributed by atoms with Gasteiger partial charge < -0.3 is 15.7 Å². The molecule has 176 valence electrons. The third kappa shape index (κ3) is 4.74. The minimum Gasteiger partial charge on any atom is -0.478 e. The van der Waals surface area contributed by atoms with E-state index >= 15 is 0 Å². The summed E-state index contributed by atoms with van der Waals surface area (Å²) in [7, 11) is 0. The summed E-state index contributed by atoms with van der Waals surface area (Å²) in [5.74, 6) is -2.41. The maximum Gasteiger partial charge on any atom is 0.416 e. The molecule has 0 spiro atoms. The Labute approximate surface area is 199 Å². The number of amides is 3. The first-order chi connectivity index (χ1) is 16.0. The van der Waals surface area contributed by atoms with Gasteiger partial charge in [-0.3, -0.25) is 9.69 Å². The van der Waals surface area contributed by atoms with Crippen molar-refractivity contribution < 1.29 is 32.7 Å². The number of aliphatic carboxylic acids is 1. The minimum atomic E-state index is -4.71. The van der Waals surface area contributed by atoms with E-state index in [1.54, 1.807) is 0 Å². The Morgan fingerprint density at radius 3 is 2.32 bits per heavy atom. The van der Waals surface area contributed by atoms with E-state index in [2.05, 4.69) is 15.9 Å². The molecule has 12 heteroatoms. The number of anilines is 1. The highest BCUT2D eigenvalue weighted by molar-refractivity contribution is 9.09. The first kappa shape index (κ1) is 24.8. The lowest BCUT2D eigenvalue weighted by Crippen LogP contribution is -2.53. The van der Waals surface area contributed by atoms with Gasteiger partial charge in [-0.05, 0) is 35.9 Å². The summed E-state index contributed by atoms with van der Waals surface area (Å²) < 4.78 is 39.9. The molecule has 0 aromatic heterocycles. The normalized spacial score (nSPS) is 16.4. The van der Waals surface area contributed by atoms with Gasteiger partial charge in [-0.1, -0.05) is 34.1 Å². The molecule has 1 aliphatic rings. The highest BCUT2D eigenvalue weighted by atomic mass is 79.9. The fraction of sp³-hybridized carbons (Fsp3) is 0.182. The lowest BCUT2D eigenvalue weighted by atomic mass is 9.92. The Hall–Kier alpha value is -3.85. The molecule has 1 aliphatic heterocycles.